The smallest absolute Gasteiger partial charge is 0.339 e. The number of carbonyl (C=O) groups is 3. The predicted molar refractivity (Wildman–Crippen MR) is 134 cm³/mol. The third-order valence-electron chi connectivity index (χ3n) is 5.30. The number of carbonyl (C=O) groups excluding carboxylic acids is 3. The fraction of sp³-hybridized carbons (Fsp3) is 0.320. The molecule has 2 aromatic carbocycles. The van der Waals surface area contributed by atoms with Crippen molar-refractivity contribution in [2.75, 3.05) is 25.3 Å². The van der Waals surface area contributed by atoms with Crippen molar-refractivity contribution >= 4 is 35.3 Å². The molecule has 0 aliphatic rings. The Kier molecular flexibility index (Phi) is 7.96. The summed E-state index contributed by atoms with van der Waals surface area (Å²) in [6, 6.07) is 12.4. The molecular weight excluding hydrogens is 468 g/mol. The third kappa shape index (κ3) is 6.07. The number of benzene rings is 2. The number of amides is 1. The van der Waals surface area contributed by atoms with E-state index < -0.39 is 11.9 Å². The van der Waals surface area contributed by atoms with E-state index in [1.165, 1.54) is 49.7 Å². The van der Waals surface area contributed by atoms with Gasteiger partial charge in [0.25, 0.3) is 0 Å². The Morgan fingerprint density at radius 3 is 2.23 bits per heavy atom. The van der Waals surface area contributed by atoms with Gasteiger partial charge in [-0.25, -0.2) is 9.59 Å². The van der Waals surface area contributed by atoms with Gasteiger partial charge in [-0.3, -0.25) is 4.79 Å². The van der Waals surface area contributed by atoms with Gasteiger partial charge in [0.1, 0.15) is 0 Å². The number of methoxy groups -OCH3 is 2. The van der Waals surface area contributed by atoms with Gasteiger partial charge in [-0.05, 0) is 29.2 Å². The fourth-order valence-electron chi connectivity index (χ4n) is 3.31. The van der Waals surface area contributed by atoms with E-state index in [0.29, 0.717) is 11.0 Å². The van der Waals surface area contributed by atoms with Gasteiger partial charge in [-0.15, -0.1) is 10.2 Å². The minimum absolute atomic E-state index is 0.0119. The van der Waals surface area contributed by atoms with Gasteiger partial charge in [0.05, 0.1) is 36.8 Å². The van der Waals surface area contributed by atoms with Crippen LogP contribution in [-0.4, -0.2) is 52.6 Å². The lowest BCUT2D eigenvalue weighted by molar-refractivity contribution is -0.113. The van der Waals surface area contributed by atoms with Gasteiger partial charge in [0, 0.05) is 12.6 Å². The molecule has 1 amide bonds. The Labute approximate surface area is 208 Å². The monoisotopic (exact) mass is 496 g/mol. The lowest BCUT2D eigenvalue weighted by Crippen LogP contribution is -2.18. The quantitative estimate of drug-likeness (QED) is 0.385. The van der Waals surface area contributed by atoms with Crippen LogP contribution in [0.4, 0.5) is 5.69 Å². The van der Waals surface area contributed by atoms with E-state index >= 15 is 0 Å². The van der Waals surface area contributed by atoms with Crippen LogP contribution in [0, 0.1) is 0 Å². The number of nitrogens with zero attached hydrogens (tertiary/aromatic N) is 3. The number of rotatable bonds is 7. The van der Waals surface area contributed by atoms with Gasteiger partial charge in [-0.1, -0.05) is 56.8 Å². The first-order valence-electron chi connectivity index (χ1n) is 10.8. The molecule has 10 heteroatoms. The molecular formula is C25H28N4O5S. The second kappa shape index (κ2) is 10.7. The Morgan fingerprint density at radius 2 is 1.63 bits per heavy atom. The van der Waals surface area contributed by atoms with E-state index in [0.717, 1.165) is 5.56 Å². The molecule has 0 fully saturated rings. The molecule has 0 aliphatic heterocycles. The lowest BCUT2D eigenvalue weighted by Gasteiger charge is -2.19. The first-order chi connectivity index (χ1) is 16.5. The van der Waals surface area contributed by atoms with E-state index in [4.69, 9.17) is 9.47 Å². The van der Waals surface area contributed by atoms with Gasteiger partial charge in [-0.2, -0.15) is 0 Å². The zero-order chi connectivity index (χ0) is 25.8. The zero-order valence-electron chi connectivity index (χ0n) is 20.5. The molecule has 0 spiro atoms. The average molecular weight is 497 g/mol. The summed E-state index contributed by atoms with van der Waals surface area (Å²) >= 11 is 1.20. The fourth-order valence-corrected chi connectivity index (χ4v) is 4.02. The second-order valence-corrected chi connectivity index (χ2v) is 9.72. The minimum Gasteiger partial charge on any atom is -0.465 e. The van der Waals surface area contributed by atoms with Crippen molar-refractivity contribution in [1.29, 1.82) is 0 Å². The Morgan fingerprint density at radius 1 is 0.971 bits per heavy atom. The maximum atomic E-state index is 12.7. The number of aromatic nitrogens is 3. The van der Waals surface area contributed by atoms with E-state index in [-0.39, 0.29) is 33.9 Å². The first kappa shape index (κ1) is 26.0. The molecule has 0 bridgehead atoms. The van der Waals surface area contributed by atoms with Crippen molar-refractivity contribution < 1.29 is 23.9 Å². The van der Waals surface area contributed by atoms with E-state index in [9.17, 15) is 14.4 Å². The van der Waals surface area contributed by atoms with Crippen LogP contribution in [-0.2, 0) is 26.7 Å². The highest BCUT2D eigenvalue weighted by Crippen LogP contribution is 2.27. The van der Waals surface area contributed by atoms with Crippen molar-refractivity contribution in [3.63, 3.8) is 0 Å². The summed E-state index contributed by atoms with van der Waals surface area (Å²) in [5, 5.41) is 11.7. The summed E-state index contributed by atoms with van der Waals surface area (Å²) in [6.07, 6.45) is 0. The van der Waals surface area contributed by atoms with Gasteiger partial charge in [0.2, 0.25) is 5.91 Å². The highest BCUT2D eigenvalue weighted by atomic mass is 32.2. The molecule has 0 aliphatic carbocycles. The average Bonchev–Trinajstić information content (AvgIpc) is 3.21. The van der Waals surface area contributed by atoms with Crippen LogP contribution in [0.1, 0.15) is 47.1 Å². The molecule has 0 saturated heterocycles. The van der Waals surface area contributed by atoms with E-state index in [1.807, 2.05) is 23.7 Å². The minimum atomic E-state index is -0.639. The molecule has 35 heavy (non-hydrogen) atoms. The van der Waals surface area contributed by atoms with Crippen LogP contribution in [0.2, 0.25) is 0 Å². The molecule has 1 heterocycles. The third-order valence-corrected chi connectivity index (χ3v) is 6.32. The molecule has 0 atom stereocenters. The molecule has 184 valence electrons. The van der Waals surface area contributed by atoms with Crippen molar-refractivity contribution in [1.82, 2.24) is 14.8 Å². The molecule has 3 aromatic rings. The number of hydrogen-bond acceptors (Lipinski definition) is 8. The van der Waals surface area contributed by atoms with Crippen molar-refractivity contribution in [3.05, 3.63) is 59.2 Å². The first-order valence-corrected chi connectivity index (χ1v) is 11.8. The molecule has 0 radical (unpaired) electrons. The van der Waals surface area contributed by atoms with Crippen LogP contribution in [0.15, 0.2) is 47.6 Å². The van der Waals surface area contributed by atoms with Crippen LogP contribution in [0.5, 0.6) is 0 Å². The van der Waals surface area contributed by atoms with Crippen molar-refractivity contribution in [3.8, 4) is 11.4 Å². The van der Waals surface area contributed by atoms with Gasteiger partial charge < -0.3 is 19.4 Å². The summed E-state index contributed by atoms with van der Waals surface area (Å²) in [4.78, 5) is 36.6. The normalized spacial score (nSPS) is 11.1. The van der Waals surface area contributed by atoms with Crippen molar-refractivity contribution in [2.24, 2.45) is 7.05 Å². The number of nitrogens with one attached hydrogen (secondary N) is 1. The molecule has 0 unspecified atom stereocenters. The SMILES string of the molecule is COC(=O)c1ccc(C(=O)OC)c(NC(=O)CSc2nnc(-c3ccc(C(C)(C)C)cc3)n2C)c1. The highest BCUT2D eigenvalue weighted by Gasteiger charge is 2.19. The number of thioether (sulfide) groups is 1. The summed E-state index contributed by atoms with van der Waals surface area (Å²) in [5.41, 5.74) is 2.67. The molecule has 3 rings (SSSR count). The Hall–Kier alpha value is -3.66. The van der Waals surface area contributed by atoms with E-state index in [1.54, 1.807) is 0 Å². The lowest BCUT2D eigenvalue weighted by atomic mass is 9.87. The van der Waals surface area contributed by atoms with Crippen LogP contribution >= 0.6 is 11.8 Å². The standard InChI is InChI=1S/C25H28N4O5S/c1-25(2,3)17-10-7-15(8-11-17)21-27-28-24(29(21)4)35-14-20(30)26-19-13-16(22(31)33-5)9-12-18(19)23(32)34-6/h7-13H,14H2,1-6H3,(H,26,30). The van der Waals surface area contributed by atoms with Crippen molar-refractivity contribution in [2.45, 2.75) is 31.3 Å². The predicted octanol–water partition coefficient (Wildman–Crippen LogP) is 4.08. The highest BCUT2D eigenvalue weighted by molar-refractivity contribution is 7.99. The number of ether oxygens (including phenoxy) is 2. The Balaban J connectivity index is 1.72. The maximum absolute atomic E-state index is 12.7. The summed E-state index contributed by atoms with van der Waals surface area (Å²) in [5.74, 6) is -0.917. The largest absolute Gasteiger partial charge is 0.465 e. The van der Waals surface area contributed by atoms with Gasteiger partial charge in [0.15, 0.2) is 11.0 Å². The summed E-state index contributed by atoms with van der Waals surface area (Å²) < 4.78 is 11.3. The zero-order valence-corrected chi connectivity index (χ0v) is 21.4. The Bertz CT molecular complexity index is 1250. The molecule has 9 nitrogen and oxygen atoms in total. The van der Waals surface area contributed by atoms with Crippen LogP contribution < -0.4 is 5.32 Å². The number of esters is 2. The number of anilines is 1. The van der Waals surface area contributed by atoms with Gasteiger partial charge >= 0.3 is 11.9 Å². The van der Waals surface area contributed by atoms with Crippen LogP contribution in [0.3, 0.4) is 0 Å². The number of hydrogen-bond donors (Lipinski definition) is 1. The molecule has 0 saturated carbocycles. The maximum Gasteiger partial charge on any atom is 0.339 e. The summed E-state index contributed by atoms with van der Waals surface area (Å²) in [7, 11) is 4.32. The molecule has 1 aromatic heterocycles. The second-order valence-electron chi connectivity index (χ2n) is 8.77. The van der Waals surface area contributed by atoms with Crippen LogP contribution in [0.25, 0.3) is 11.4 Å². The topological polar surface area (TPSA) is 112 Å². The molecule has 1 N–H and O–H groups in total. The summed E-state index contributed by atoms with van der Waals surface area (Å²) in [6.45, 7) is 6.47. The van der Waals surface area contributed by atoms with E-state index in [2.05, 4.69) is 48.4 Å².